The van der Waals surface area contributed by atoms with Crippen molar-refractivity contribution in [2.24, 2.45) is 18.7 Å². The summed E-state index contributed by atoms with van der Waals surface area (Å²) in [6.07, 6.45) is 11.5. The smallest absolute Gasteiger partial charge is 0.101 e. The quantitative estimate of drug-likeness (QED) is 0.860. The summed E-state index contributed by atoms with van der Waals surface area (Å²) in [5, 5.41) is 4.23. The fourth-order valence-corrected chi connectivity index (χ4v) is 2.86. The Labute approximate surface area is 116 Å². The van der Waals surface area contributed by atoms with Gasteiger partial charge in [0, 0.05) is 24.8 Å². The van der Waals surface area contributed by atoms with E-state index in [4.69, 9.17) is 10.5 Å². The maximum Gasteiger partial charge on any atom is 0.101 e. The number of nitrogens with zero attached hydrogens (tertiary/aromatic N) is 2. The molecule has 1 heterocycles. The molecule has 4 heteroatoms. The van der Waals surface area contributed by atoms with Crippen LogP contribution in [0.4, 0.5) is 0 Å². The van der Waals surface area contributed by atoms with Gasteiger partial charge in [0.05, 0.1) is 12.8 Å². The van der Waals surface area contributed by atoms with E-state index in [0.29, 0.717) is 0 Å². The Morgan fingerprint density at radius 2 is 2.16 bits per heavy atom. The van der Waals surface area contributed by atoms with Crippen molar-refractivity contribution < 1.29 is 4.74 Å². The van der Waals surface area contributed by atoms with Gasteiger partial charge in [0.2, 0.25) is 0 Å². The lowest BCUT2D eigenvalue weighted by atomic mass is 9.90. The van der Waals surface area contributed by atoms with Gasteiger partial charge in [-0.1, -0.05) is 26.2 Å². The Bertz CT molecular complexity index is 371. The van der Waals surface area contributed by atoms with Crippen molar-refractivity contribution in [3.63, 3.8) is 0 Å². The number of ether oxygens (including phenoxy) is 1. The van der Waals surface area contributed by atoms with Crippen molar-refractivity contribution in [1.29, 1.82) is 0 Å². The fraction of sp³-hybridized carbons (Fsp3) is 0.800. The minimum absolute atomic E-state index is 0.0133. The van der Waals surface area contributed by atoms with Crippen LogP contribution in [0.1, 0.15) is 57.1 Å². The van der Waals surface area contributed by atoms with Gasteiger partial charge in [0.15, 0.2) is 0 Å². The first-order valence-corrected chi connectivity index (χ1v) is 7.56. The minimum atomic E-state index is -0.0133. The van der Waals surface area contributed by atoms with E-state index in [1.54, 1.807) is 0 Å². The van der Waals surface area contributed by atoms with Crippen LogP contribution < -0.4 is 5.73 Å². The van der Waals surface area contributed by atoms with Crippen LogP contribution in [-0.4, -0.2) is 22.4 Å². The third-order valence-electron chi connectivity index (χ3n) is 4.15. The summed E-state index contributed by atoms with van der Waals surface area (Å²) in [7, 11) is 1.93. The van der Waals surface area contributed by atoms with Gasteiger partial charge < -0.3 is 10.5 Å². The van der Waals surface area contributed by atoms with Gasteiger partial charge in [-0.25, -0.2) is 0 Å². The van der Waals surface area contributed by atoms with Crippen molar-refractivity contribution in [3.05, 3.63) is 18.0 Å². The van der Waals surface area contributed by atoms with E-state index in [-0.39, 0.29) is 12.1 Å². The summed E-state index contributed by atoms with van der Waals surface area (Å²) in [6.45, 7) is 2.95. The van der Waals surface area contributed by atoms with Crippen LogP contribution in [0.15, 0.2) is 12.4 Å². The molecule has 0 saturated heterocycles. The van der Waals surface area contributed by atoms with Gasteiger partial charge in [-0.2, -0.15) is 5.10 Å². The number of rotatable bonds is 6. The van der Waals surface area contributed by atoms with E-state index >= 15 is 0 Å². The molecule has 1 aliphatic rings. The zero-order valence-electron chi connectivity index (χ0n) is 12.2. The van der Waals surface area contributed by atoms with E-state index in [1.807, 2.05) is 24.1 Å². The van der Waals surface area contributed by atoms with Gasteiger partial charge in [-0.15, -0.1) is 0 Å². The Morgan fingerprint density at radius 1 is 1.42 bits per heavy atom. The molecule has 1 aromatic heterocycles. The lowest BCUT2D eigenvalue weighted by Gasteiger charge is -2.27. The van der Waals surface area contributed by atoms with E-state index in [9.17, 15) is 0 Å². The number of nitrogens with two attached hydrogens (primary N) is 1. The first kappa shape index (κ1) is 14.5. The van der Waals surface area contributed by atoms with Crippen LogP contribution in [0, 0.1) is 5.92 Å². The molecule has 2 unspecified atom stereocenters. The first-order chi connectivity index (χ1) is 9.20. The standard InChI is InChI=1S/C15H27N3O/c1-3-14(16)15(13-9-17-18(2)10-13)19-11-12-7-5-4-6-8-12/h9-10,12,14-15H,3-8,11,16H2,1-2H3. The summed E-state index contributed by atoms with van der Waals surface area (Å²) in [5.41, 5.74) is 7.32. The molecule has 2 N–H and O–H groups in total. The highest BCUT2D eigenvalue weighted by molar-refractivity contribution is 5.10. The van der Waals surface area contributed by atoms with Crippen LogP contribution >= 0.6 is 0 Å². The predicted octanol–water partition coefficient (Wildman–Crippen LogP) is 2.80. The Kier molecular flexibility index (Phi) is 5.40. The molecule has 2 rings (SSSR count). The molecule has 1 saturated carbocycles. The maximum atomic E-state index is 6.21. The maximum absolute atomic E-state index is 6.21. The normalized spacial score (nSPS) is 20.4. The third kappa shape index (κ3) is 4.05. The molecule has 0 amide bonds. The van der Waals surface area contributed by atoms with Crippen molar-refractivity contribution in [2.75, 3.05) is 6.61 Å². The van der Waals surface area contributed by atoms with Crippen LogP contribution in [0.2, 0.25) is 0 Å². The Balaban J connectivity index is 1.93. The molecule has 0 aromatic carbocycles. The number of hydrogen-bond acceptors (Lipinski definition) is 3. The number of hydrogen-bond donors (Lipinski definition) is 1. The molecular weight excluding hydrogens is 238 g/mol. The topological polar surface area (TPSA) is 53.1 Å². The van der Waals surface area contributed by atoms with E-state index in [1.165, 1.54) is 32.1 Å². The molecule has 0 aliphatic heterocycles. The zero-order valence-corrected chi connectivity index (χ0v) is 12.2. The van der Waals surface area contributed by atoms with Crippen molar-refractivity contribution in [1.82, 2.24) is 9.78 Å². The van der Waals surface area contributed by atoms with Gasteiger partial charge in [-0.3, -0.25) is 4.68 Å². The molecular formula is C15H27N3O. The summed E-state index contributed by atoms with van der Waals surface area (Å²) in [6, 6.07) is 0.0489. The largest absolute Gasteiger partial charge is 0.371 e. The van der Waals surface area contributed by atoms with E-state index < -0.39 is 0 Å². The van der Waals surface area contributed by atoms with Crippen LogP contribution in [0.3, 0.4) is 0 Å². The molecule has 1 aromatic rings. The zero-order chi connectivity index (χ0) is 13.7. The lowest BCUT2D eigenvalue weighted by Crippen LogP contribution is -2.31. The predicted molar refractivity (Wildman–Crippen MR) is 76.7 cm³/mol. The summed E-state index contributed by atoms with van der Waals surface area (Å²) in [4.78, 5) is 0. The van der Waals surface area contributed by atoms with Gasteiger partial charge >= 0.3 is 0 Å². The van der Waals surface area contributed by atoms with Crippen LogP contribution in [0.25, 0.3) is 0 Å². The van der Waals surface area contributed by atoms with Crippen LogP contribution in [-0.2, 0) is 11.8 Å². The number of aromatic nitrogens is 2. The molecule has 4 nitrogen and oxygen atoms in total. The molecule has 1 aliphatic carbocycles. The second-order valence-electron chi connectivity index (χ2n) is 5.78. The highest BCUT2D eigenvalue weighted by Crippen LogP contribution is 2.27. The summed E-state index contributed by atoms with van der Waals surface area (Å²) >= 11 is 0. The highest BCUT2D eigenvalue weighted by atomic mass is 16.5. The fourth-order valence-electron chi connectivity index (χ4n) is 2.86. The monoisotopic (exact) mass is 265 g/mol. The van der Waals surface area contributed by atoms with E-state index in [0.717, 1.165) is 24.5 Å². The molecule has 2 atom stereocenters. The SMILES string of the molecule is CCC(N)C(OCC1CCCCC1)c1cnn(C)c1. The van der Waals surface area contributed by atoms with Crippen molar-refractivity contribution >= 4 is 0 Å². The van der Waals surface area contributed by atoms with Crippen molar-refractivity contribution in [2.45, 2.75) is 57.6 Å². The average molecular weight is 265 g/mol. The summed E-state index contributed by atoms with van der Waals surface area (Å²) in [5.74, 6) is 0.719. The first-order valence-electron chi connectivity index (χ1n) is 7.56. The van der Waals surface area contributed by atoms with E-state index in [2.05, 4.69) is 12.0 Å². The molecule has 1 fully saturated rings. The lowest BCUT2D eigenvalue weighted by molar-refractivity contribution is 0.00436. The second-order valence-corrected chi connectivity index (χ2v) is 5.78. The minimum Gasteiger partial charge on any atom is -0.371 e. The Hall–Kier alpha value is -0.870. The van der Waals surface area contributed by atoms with Crippen molar-refractivity contribution in [3.8, 4) is 0 Å². The van der Waals surface area contributed by atoms with Crippen LogP contribution in [0.5, 0.6) is 0 Å². The summed E-state index contributed by atoms with van der Waals surface area (Å²) < 4.78 is 7.97. The molecule has 0 radical (unpaired) electrons. The number of aryl methyl sites for hydroxylation is 1. The third-order valence-corrected chi connectivity index (χ3v) is 4.15. The molecule has 0 spiro atoms. The van der Waals surface area contributed by atoms with Gasteiger partial charge in [0.25, 0.3) is 0 Å². The molecule has 19 heavy (non-hydrogen) atoms. The van der Waals surface area contributed by atoms with Gasteiger partial charge in [-0.05, 0) is 25.2 Å². The molecule has 108 valence electrons. The molecule has 0 bridgehead atoms. The van der Waals surface area contributed by atoms with Gasteiger partial charge in [0.1, 0.15) is 6.10 Å². The highest BCUT2D eigenvalue weighted by Gasteiger charge is 2.23. The Morgan fingerprint density at radius 3 is 2.74 bits per heavy atom. The second kappa shape index (κ2) is 7.06. The average Bonchev–Trinajstić information content (AvgIpc) is 2.86.